The fourth-order valence-electron chi connectivity index (χ4n) is 4.77. The lowest BCUT2D eigenvalue weighted by molar-refractivity contribution is -0.134. The van der Waals surface area contributed by atoms with E-state index in [4.69, 9.17) is 14.6 Å². The Morgan fingerprint density at radius 3 is 2.46 bits per heavy atom. The molecular weight excluding hydrogens is 567 g/mol. The van der Waals surface area contributed by atoms with Gasteiger partial charge in [0.25, 0.3) is 0 Å². The molecule has 1 unspecified atom stereocenters. The van der Waals surface area contributed by atoms with Crippen LogP contribution in [0.3, 0.4) is 0 Å². The van der Waals surface area contributed by atoms with Crippen molar-refractivity contribution in [3.63, 3.8) is 0 Å². The third-order valence-corrected chi connectivity index (χ3v) is 9.67. The van der Waals surface area contributed by atoms with E-state index >= 15 is 0 Å². The second kappa shape index (κ2) is 13.6. The van der Waals surface area contributed by atoms with Crippen molar-refractivity contribution < 1.29 is 32.9 Å². The van der Waals surface area contributed by atoms with Gasteiger partial charge in [-0.05, 0) is 48.6 Å². The average Bonchev–Trinajstić information content (AvgIpc) is 3.07. The number of methoxy groups -OCH3 is 1. The van der Waals surface area contributed by atoms with Gasteiger partial charge in [-0.2, -0.15) is 8.70 Å². The van der Waals surface area contributed by atoms with Crippen LogP contribution >= 0.6 is 22.5 Å². The molecule has 0 spiro atoms. The highest BCUT2D eigenvalue weighted by Gasteiger charge is 2.40. The van der Waals surface area contributed by atoms with Gasteiger partial charge in [0.15, 0.2) is 0 Å². The van der Waals surface area contributed by atoms with Gasteiger partial charge in [-0.3, -0.25) is 9.11 Å². The maximum Gasteiger partial charge on any atom is 0.368 e. The Balaban J connectivity index is 1.90. The number of para-hydroxylation sites is 1. The van der Waals surface area contributed by atoms with Crippen LogP contribution in [-0.2, 0) is 11.3 Å². The van der Waals surface area contributed by atoms with Gasteiger partial charge >= 0.3 is 5.97 Å². The van der Waals surface area contributed by atoms with Crippen LogP contribution in [0, 0.1) is 0 Å². The van der Waals surface area contributed by atoms with Gasteiger partial charge in [0.05, 0.1) is 17.7 Å². The van der Waals surface area contributed by atoms with Crippen LogP contribution in [0.25, 0.3) is 0 Å². The smallest absolute Gasteiger partial charge is 0.368 e. The molecule has 0 fully saturated rings. The van der Waals surface area contributed by atoms with Crippen LogP contribution in [0.5, 0.6) is 11.5 Å². The number of ether oxygens (including phenoxy) is 2. The Kier molecular flexibility index (Phi) is 10.2. The van der Waals surface area contributed by atoms with Gasteiger partial charge in [-0.1, -0.05) is 50.1 Å². The highest BCUT2D eigenvalue weighted by molar-refractivity contribution is 8.22. The number of anilines is 2. The molecule has 0 aromatic heterocycles. The number of halogens is 1. The molecule has 1 aliphatic rings. The summed E-state index contributed by atoms with van der Waals surface area (Å²) < 4.78 is 50.5. The Labute approximate surface area is 245 Å². The van der Waals surface area contributed by atoms with Gasteiger partial charge in [-0.25, -0.2) is 4.79 Å². The molecule has 0 amide bonds. The zero-order chi connectivity index (χ0) is 29.6. The lowest BCUT2D eigenvalue weighted by Crippen LogP contribution is -2.41. The third-order valence-electron chi connectivity index (χ3n) is 6.91. The minimum absolute atomic E-state index is 0.122. The number of nitrogens with zero attached hydrogens (tertiary/aromatic N) is 2. The summed E-state index contributed by atoms with van der Waals surface area (Å²) in [4.78, 5) is 13.9. The maximum atomic E-state index is 13.8. The normalized spacial score (nSPS) is 17.9. The predicted octanol–water partition coefficient (Wildman–Crippen LogP) is 7.93. The maximum absolute atomic E-state index is 13.8. The number of thioether (sulfide) groups is 1. The first-order valence-electron chi connectivity index (χ1n) is 13.2. The number of hydrogen-bond acceptors (Lipinski definition) is 8. The summed E-state index contributed by atoms with van der Waals surface area (Å²) in [6.45, 7) is 2.85. The largest absolute Gasteiger partial charge is 0.497 e. The molecule has 1 heterocycles. The summed E-state index contributed by atoms with van der Waals surface area (Å²) in [6.07, 6.45) is 4.89. The molecule has 3 aromatic carbocycles. The van der Waals surface area contributed by atoms with Crippen molar-refractivity contribution in [2.45, 2.75) is 48.6 Å². The summed E-state index contributed by atoms with van der Waals surface area (Å²) in [5.41, 5.74) is 2.36. The van der Waals surface area contributed by atoms with Crippen molar-refractivity contribution in [3.05, 3.63) is 84.4 Å². The number of aliphatic carboxylic acids is 1. The standard InChI is InChI=1S/C30H35FN2O6S2/c1-4-5-9-23-19-32(22-10-7-6-8-11-22)26-16-28(40-3)27(39-20-25(31)30(34)35)17-29(26)41(36,37)33(23)18-21-12-14-24(38-2)15-13-21/h6-8,10-17,20,23,36-37H,4-5,9,18-19H2,1-3H3,(H,34,35)/b25-20-. The van der Waals surface area contributed by atoms with Crippen molar-refractivity contribution in [1.82, 2.24) is 4.31 Å². The van der Waals surface area contributed by atoms with Crippen LogP contribution in [-0.4, -0.2) is 50.4 Å². The van der Waals surface area contributed by atoms with E-state index in [1.807, 2.05) is 60.9 Å². The number of benzene rings is 3. The fourth-order valence-corrected chi connectivity index (χ4v) is 7.19. The zero-order valence-electron chi connectivity index (χ0n) is 23.2. The molecule has 4 rings (SSSR count). The first-order valence-corrected chi connectivity index (χ1v) is 15.9. The number of carboxylic acids is 1. The van der Waals surface area contributed by atoms with E-state index in [0.29, 0.717) is 29.1 Å². The van der Waals surface area contributed by atoms with Crippen LogP contribution in [0.1, 0.15) is 31.7 Å². The van der Waals surface area contributed by atoms with E-state index in [1.54, 1.807) is 17.5 Å². The zero-order valence-corrected chi connectivity index (χ0v) is 24.8. The Bertz CT molecular complexity index is 1370. The van der Waals surface area contributed by atoms with Gasteiger partial charge in [-0.15, -0.1) is 22.5 Å². The highest BCUT2D eigenvalue weighted by Crippen LogP contribution is 2.61. The van der Waals surface area contributed by atoms with Crippen molar-refractivity contribution in [1.29, 1.82) is 0 Å². The first kappa shape index (κ1) is 30.7. The summed E-state index contributed by atoms with van der Waals surface area (Å²) in [7, 11) is -2.02. The molecule has 11 heteroatoms. The summed E-state index contributed by atoms with van der Waals surface area (Å²) in [5, 5.41) is 8.94. The molecular formula is C30H35FN2O6S2. The van der Waals surface area contributed by atoms with E-state index in [9.17, 15) is 18.3 Å². The molecule has 0 saturated heterocycles. The molecule has 3 aromatic rings. The fraction of sp³-hybridized carbons (Fsp3) is 0.300. The molecule has 0 saturated carbocycles. The van der Waals surface area contributed by atoms with E-state index in [-0.39, 0.29) is 23.2 Å². The number of carbonyl (C=O) groups is 1. The monoisotopic (exact) mass is 602 g/mol. The number of hydrogen-bond donors (Lipinski definition) is 3. The van der Waals surface area contributed by atoms with Crippen molar-refractivity contribution in [2.24, 2.45) is 0 Å². The molecule has 0 aliphatic carbocycles. The molecule has 0 radical (unpaired) electrons. The Morgan fingerprint density at radius 1 is 1.15 bits per heavy atom. The topological polar surface area (TPSA) is 103 Å². The van der Waals surface area contributed by atoms with Crippen molar-refractivity contribution in [3.8, 4) is 11.5 Å². The quantitative estimate of drug-likeness (QED) is 0.115. The van der Waals surface area contributed by atoms with Crippen LogP contribution in [0.2, 0.25) is 0 Å². The minimum Gasteiger partial charge on any atom is -0.497 e. The number of unbranched alkanes of at least 4 members (excludes halogenated alkanes) is 1. The Hall–Kier alpha value is -3.22. The Morgan fingerprint density at radius 2 is 1.85 bits per heavy atom. The second-order valence-electron chi connectivity index (χ2n) is 9.54. The van der Waals surface area contributed by atoms with Crippen molar-refractivity contribution >= 4 is 39.9 Å². The van der Waals surface area contributed by atoms with E-state index in [0.717, 1.165) is 30.5 Å². The molecule has 41 heavy (non-hydrogen) atoms. The van der Waals surface area contributed by atoms with Crippen LogP contribution < -0.4 is 14.4 Å². The van der Waals surface area contributed by atoms with Gasteiger partial charge in [0, 0.05) is 30.9 Å². The SMILES string of the molecule is CCCCC1CN(c2ccccc2)c2cc(SC)c(O/C=C(\F)C(=O)O)cc2S(O)(O)N1Cc1ccc(OC)cc1. The minimum atomic E-state index is -3.62. The van der Waals surface area contributed by atoms with E-state index < -0.39 is 22.6 Å². The second-order valence-corrected chi connectivity index (χ2v) is 12.3. The molecule has 220 valence electrons. The van der Waals surface area contributed by atoms with E-state index in [2.05, 4.69) is 11.8 Å². The van der Waals surface area contributed by atoms with Crippen LogP contribution in [0.4, 0.5) is 15.8 Å². The average molecular weight is 603 g/mol. The first-order chi connectivity index (χ1) is 19.7. The molecule has 3 N–H and O–H groups in total. The summed E-state index contributed by atoms with van der Waals surface area (Å²) >= 11 is 1.32. The summed E-state index contributed by atoms with van der Waals surface area (Å²) in [6, 6.07) is 20.2. The predicted molar refractivity (Wildman–Crippen MR) is 162 cm³/mol. The number of fused-ring (bicyclic) bond motifs is 1. The molecule has 1 aliphatic heterocycles. The molecule has 1 atom stereocenters. The lowest BCUT2D eigenvalue weighted by atomic mass is 10.1. The van der Waals surface area contributed by atoms with E-state index in [1.165, 1.54) is 17.8 Å². The third kappa shape index (κ3) is 6.99. The highest BCUT2D eigenvalue weighted by atomic mass is 32.3. The molecule has 8 nitrogen and oxygen atoms in total. The van der Waals surface area contributed by atoms with Gasteiger partial charge in [0.1, 0.15) is 22.7 Å². The lowest BCUT2D eigenvalue weighted by Gasteiger charge is -2.45. The number of carboxylic acid groups (broad SMARTS) is 1. The number of rotatable bonds is 11. The summed E-state index contributed by atoms with van der Waals surface area (Å²) in [5.74, 6) is -2.40. The molecule has 0 bridgehead atoms. The van der Waals surface area contributed by atoms with Crippen molar-refractivity contribution in [2.75, 3.05) is 24.8 Å². The van der Waals surface area contributed by atoms with Gasteiger partial charge in [0.2, 0.25) is 5.83 Å². The van der Waals surface area contributed by atoms with Crippen LogP contribution in [0.15, 0.2) is 88.6 Å². The van der Waals surface area contributed by atoms with Gasteiger partial charge < -0.3 is 19.5 Å².